The summed E-state index contributed by atoms with van der Waals surface area (Å²) < 4.78 is 10.7. The van der Waals surface area contributed by atoms with Gasteiger partial charge in [0.2, 0.25) is 0 Å². The van der Waals surface area contributed by atoms with Crippen LogP contribution in [0.3, 0.4) is 0 Å². The van der Waals surface area contributed by atoms with Crippen LogP contribution in [0.4, 0.5) is 0 Å². The normalized spacial score (nSPS) is 11.2. The third kappa shape index (κ3) is 2.49. The summed E-state index contributed by atoms with van der Waals surface area (Å²) in [6.45, 7) is 3.98. The molecule has 0 fully saturated rings. The molecule has 4 heteroatoms. The van der Waals surface area contributed by atoms with Gasteiger partial charge in [-0.2, -0.15) is 0 Å². The maximum atomic E-state index is 9.98. The SMILES string of the molecule is COc1c(O)cccc1C(C)(C)c1cccc(O)c1OC. The van der Waals surface area contributed by atoms with Crippen molar-refractivity contribution in [2.24, 2.45) is 0 Å². The van der Waals surface area contributed by atoms with Gasteiger partial charge in [0.15, 0.2) is 23.0 Å². The molecule has 0 amide bonds. The Labute approximate surface area is 124 Å². The molecule has 0 spiro atoms. The summed E-state index contributed by atoms with van der Waals surface area (Å²) >= 11 is 0. The van der Waals surface area contributed by atoms with Gasteiger partial charge in [0.05, 0.1) is 14.2 Å². The molecule has 2 rings (SSSR count). The second-order valence-electron chi connectivity index (χ2n) is 5.34. The quantitative estimate of drug-likeness (QED) is 0.904. The van der Waals surface area contributed by atoms with Crippen LogP contribution in [0.25, 0.3) is 0 Å². The second-order valence-corrected chi connectivity index (χ2v) is 5.34. The summed E-state index contributed by atoms with van der Waals surface area (Å²) in [4.78, 5) is 0. The highest BCUT2D eigenvalue weighted by atomic mass is 16.5. The molecular formula is C17H20O4. The summed E-state index contributed by atoms with van der Waals surface area (Å²) in [6, 6.07) is 10.5. The summed E-state index contributed by atoms with van der Waals surface area (Å²) in [5.74, 6) is 1.02. The van der Waals surface area contributed by atoms with Crippen molar-refractivity contribution in [2.45, 2.75) is 19.3 Å². The zero-order valence-electron chi connectivity index (χ0n) is 12.7. The summed E-state index contributed by atoms with van der Waals surface area (Å²) in [5, 5.41) is 20.0. The number of hydrogen-bond acceptors (Lipinski definition) is 4. The van der Waals surface area contributed by atoms with Crippen LogP contribution in [0.2, 0.25) is 0 Å². The Morgan fingerprint density at radius 2 is 1.14 bits per heavy atom. The first-order chi connectivity index (χ1) is 9.93. The van der Waals surface area contributed by atoms with Crippen LogP contribution in [0.1, 0.15) is 25.0 Å². The number of ether oxygens (including phenoxy) is 2. The molecule has 0 aliphatic heterocycles. The first kappa shape index (κ1) is 15.0. The average Bonchev–Trinajstić information content (AvgIpc) is 2.46. The highest BCUT2D eigenvalue weighted by Crippen LogP contribution is 2.46. The third-order valence-electron chi connectivity index (χ3n) is 3.74. The average molecular weight is 288 g/mol. The minimum absolute atomic E-state index is 0.0854. The standard InChI is InChI=1S/C17H20O4/c1-17(2,11-7-5-9-13(18)15(11)20-3)12-8-6-10-14(19)16(12)21-4/h5-10,18-19H,1-4H3. The smallest absolute Gasteiger partial charge is 0.164 e. The van der Waals surface area contributed by atoms with Crippen molar-refractivity contribution in [2.75, 3.05) is 14.2 Å². The van der Waals surface area contributed by atoms with Crippen LogP contribution in [0.15, 0.2) is 36.4 Å². The third-order valence-corrected chi connectivity index (χ3v) is 3.74. The summed E-state index contributed by atoms with van der Waals surface area (Å²) in [7, 11) is 3.04. The van der Waals surface area contributed by atoms with E-state index in [9.17, 15) is 10.2 Å². The molecule has 0 radical (unpaired) electrons. The molecule has 0 saturated carbocycles. The highest BCUT2D eigenvalue weighted by molar-refractivity contribution is 5.57. The molecule has 21 heavy (non-hydrogen) atoms. The van der Waals surface area contributed by atoms with Crippen LogP contribution in [-0.4, -0.2) is 24.4 Å². The Morgan fingerprint density at radius 3 is 1.48 bits per heavy atom. The highest BCUT2D eigenvalue weighted by Gasteiger charge is 2.31. The number of rotatable bonds is 4. The van der Waals surface area contributed by atoms with Gasteiger partial charge in [0.25, 0.3) is 0 Å². The van der Waals surface area contributed by atoms with Crippen molar-refractivity contribution in [3.05, 3.63) is 47.5 Å². The van der Waals surface area contributed by atoms with Gasteiger partial charge in [-0.1, -0.05) is 38.1 Å². The molecule has 0 bridgehead atoms. The van der Waals surface area contributed by atoms with E-state index in [0.717, 1.165) is 11.1 Å². The van der Waals surface area contributed by atoms with Crippen molar-refractivity contribution in [1.82, 2.24) is 0 Å². The maximum absolute atomic E-state index is 9.98. The Morgan fingerprint density at radius 1 is 0.762 bits per heavy atom. The van der Waals surface area contributed by atoms with Crippen molar-refractivity contribution in [1.29, 1.82) is 0 Å². The van der Waals surface area contributed by atoms with E-state index in [4.69, 9.17) is 9.47 Å². The zero-order valence-corrected chi connectivity index (χ0v) is 12.7. The minimum Gasteiger partial charge on any atom is -0.504 e. The molecule has 0 heterocycles. The van der Waals surface area contributed by atoms with E-state index in [1.54, 1.807) is 24.3 Å². The Kier molecular flexibility index (Phi) is 3.98. The van der Waals surface area contributed by atoms with Crippen LogP contribution in [0.5, 0.6) is 23.0 Å². The molecule has 4 nitrogen and oxygen atoms in total. The molecular weight excluding hydrogens is 268 g/mol. The molecule has 0 aliphatic rings. The number of hydrogen-bond donors (Lipinski definition) is 2. The van der Waals surface area contributed by atoms with Gasteiger partial charge < -0.3 is 19.7 Å². The lowest BCUT2D eigenvalue weighted by molar-refractivity contribution is 0.352. The molecule has 2 aromatic carbocycles. The molecule has 2 N–H and O–H groups in total. The number of benzene rings is 2. The van der Waals surface area contributed by atoms with Gasteiger partial charge in [-0.15, -0.1) is 0 Å². The van der Waals surface area contributed by atoms with E-state index in [1.807, 2.05) is 26.0 Å². The van der Waals surface area contributed by atoms with Gasteiger partial charge in [-0.3, -0.25) is 0 Å². The number of phenolic OH excluding ortho intramolecular Hbond substituents is 2. The Hall–Kier alpha value is -2.36. The van der Waals surface area contributed by atoms with Crippen molar-refractivity contribution < 1.29 is 19.7 Å². The fraction of sp³-hybridized carbons (Fsp3) is 0.294. The molecule has 0 unspecified atom stereocenters. The minimum atomic E-state index is -0.520. The molecule has 0 aromatic heterocycles. The van der Waals surface area contributed by atoms with Crippen molar-refractivity contribution >= 4 is 0 Å². The molecule has 0 saturated heterocycles. The molecule has 0 atom stereocenters. The first-order valence-electron chi connectivity index (χ1n) is 6.66. The Bertz CT molecular complexity index is 592. The number of aromatic hydroxyl groups is 2. The van der Waals surface area contributed by atoms with Crippen LogP contribution in [0, 0.1) is 0 Å². The van der Waals surface area contributed by atoms with Gasteiger partial charge in [0, 0.05) is 16.5 Å². The first-order valence-corrected chi connectivity index (χ1v) is 6.66. The van der Waals surface area contributed by atoms with Gasteiger partial charge in [0.1, 0.15) is 0 Å². The van der Waals surface area contributed by atoms with Gasteiger partial charge in [-0.25, -0.2) is 0 Å². The Balaban J connectivity index is 2.68. The van der Waals surface area contributed by atoms with Crippen molar-refractivity contribution in [3.63, 3.8) is 0 Å². The topological polar surface area (TPSA) is 58.9 Å². The van der Waals surface area contributed by atoms with E-state index < -0.39 is 5.41 Å². The van der Waals surface area contributed by atoms with Crippen LogP contribution >= 0.6 is 0 Å². The summed E-state index contributed by atoms with van der Waals surface area (Å²) in [6.07, 6.45) is 0. The van der Waals surface area contributed by atoms with E-state index in [0.29, 0.717) is 11.5 Å². The maximum Gasteiger partial charge on any atom is 0.164 e. The van der Waals surface area contributed by atoms with E-state index in [2.05, 4.69) is 0 Å². The second kappa shape index (κ2) is 5.56. The zero-order chi connectivity index (χ0) is 15.6. The monoisotopic (exact) mass is 288 g/mol. The van der Waals surface area contributed by atoms with Crippen LogP contribution < -0.4 is 9.47 Å². The predicted molar refractivity (Wildman–Crippen MR) is 81.4 cm³/mol. The lowest BCUT2D eigenvalue weighted by Crippen LogP contribution is -2.21. The predicted octanol–water partition coefficient (Wildman–Crippen LogP) is 3.44. The number of methoxy groups -OCH3 is 2. The summed E-state index contributed by atoms with van der Waals surface area (Å²) in [5.41, 5.74) is 1.11. The number of phenols is 2. The lowest BCUT2D eigenvalue weighted by atomic mass is 9.77. The lowest BCUT2D eigenvalue weighted by Gasteiger charge is -2.29. The fourth-order valence-corrected chi connectivity index (χ4v) is 2.61. The molecule has 112 valence electrons. The van der Waals surface area contributed by atoms with E-state index in [-0.39, 0.29) is 11.5 Å². The number of para-hydroxylation sites is 2. The fourth-order valence-electron chi connectivity index (χ4n) is 2.61. The van der Waals surface area contributed by atoms with Gasteiger partial charge in [-0.05, 0) is 12.1 Å². The molecule has 2 aromatic rings. The van der Waals surface area contributed by atoms with Gasteiger partial charge >= 0.3 is 0 Å². The van der Waals surface area contributed by atoms with E-state index >= 15 is 0 Å². The molecule has 0 aliphatic carbocycles. The van der Waals surface area contributed by atoms with Crippen LogP contribution in [-0.2, 0) is 5.41 Å². The van der Waals surface area contributed by atoms with Crippen molar-refractivity contribution in [3.8, 4) is 23.0 Å². The van der Waals surface area contributed by atoms with E-state index in [1.165, 1.54) is 14.2 Å². The largest absolute Gasteiger partial charge is 0.504 e.